The molecule has 1 unspecified atom stereocenters. The van der Waals surface area contributed by atoms with E-state index < -0.39 is 0 Å². The van der Waals surface area contributed by atoms with Gasteiger partial charge in [0.05, 0.1) is 17.3 Å². The van der Waals surface area contributed by atoms with Gasteiger partial charge in [-0.05, 0) is 43.7 Å². The summed E-state index contributed by atoms with van der Waals surface area (Å²) in [5.41, 5.74) is 0.952. The highest BCUT2D eigenvalue weighted by Gasteiger charge is 2.21. The Kier molecular flexibility index (Phi) is 4.99. The molecule has 1 saturated heterocycles. The van der Waals surface area contributed by atoms with E-state index in [1.165, 1.54) is 25.7 Å². The Morgan fingerprint density at radius 1 is 1.38 bits per heavy atom. The lowest BCUT2D eigenvalue weighted by Gasteiger charge is -2.28. The third-order valence-electron chi connectivity index (χ3n) is 4.22. The van der Waals surface area contributed by atoms with Crippen molar-refractivity contribution in [3.63, 3.8) is 0 Å². The Bertz CT molecular complexity index is 473. The van der Waals surface area contributed by atoms with Gasteiger partial charge in [0.1, 0.15) is 5.82 Å². The molecule has 2 heterocycles. The number of hydrogen-bond acceptors (Lipinski definition) is 4. The zero-order chi connectivity index (χ0) is 14.7. The second-order valence-electron chi connectivity index (χ2n) is 6.22. The molecule has 0 aromatic carbocycles. The maximum Gasteiger partial charge on any atom is 0.128 e. The average Bonchev–Trinajstić information content (AvgIpc) is 3.31. The second kappa shape index (κ2) is 6.95. The first-order valence-corrected chi connectivity index (χ1v) is 8.28. The van der Waals surface area contributed by atoms with Crippen molar-refractivity contribution in [2.45, 2.75) is 38.3 Å². The van der Waals surface area contributed by atoms with Crippen molar-refractivity contribution in [3.05, 3.63) is 22.8 Å². The van der Waals surface area contributed by atoms with Crippen molar-refractivity contribution in [1.82, 2.24) is 10.3 Å². The summed E-state index contributed by atoms with van der Waals surface area (Å²) >= 11 is 6.26. The molecule has 1 atom stereocenters. The molecule has 1 aromatic heterocycles. The summed E-state index contributed by atoms with van der Waals surface area (Å²) < 4.78 is 5.56. The van der Waals surface area contributed by atoms with Crippen LogP contribution >= 0.6 is 11.6 Å². The number of pyridine rings is 1. The molecular weight excluding hydrogens is 286 g/mol. The number of nitrogens with zero attached hydrogens (tertiary/aromatic N) is 2. The van der Waals surface area contributed by atoms with E-state index in [2.05, 4.69) is 17.3 Å². The first-order chi connectivity index (χ1) is 10.2. The number of rotatable bonds is 6. The van der Waals surface area contributed by atoms with Crippen LogP contribution in [-0.2, 0) is 11.3 Å². The van der Waals surface area contributed by atoms with E-state index in [-0.39, 0.29) is 0 Å². The third kappa shape index (κ3) is 4.31. The maximum atomic E-state index is 6.26. The number of halogens is 1. The fraction of sp³-hybridized carbons (Fsp3) is 0.688. The Hall–Kier alpha value is -0.840. The molecule has 21 heavy (non-hydrogen) atoms. The Morgan fingerprint density at radius 2 is 2.24 bits per heavy atom. The molecule has 0 radical (unpaired) electrons. The summed E-state index contributed by atoms with van der Waals surface area (Å²) in [6, 6.07) is 4.64. The topological polar surface area (TPSA) is 37.4 Å². The summed E-state index contributed by atoms with van der Waals surface area (Å²) in [5.74, 6) is 1.60. The van der Waals surface area contributed by atoms with Gasteiger partial charge in [-0.25, -0.2) is 4.98 Å². The van der Waals surface area contributed by atoms with E-state index in [9.17, 15) is 0 Å². The molecule has 3 rings (SSSR count). The Labute approximate surface area is 131 Å². The van der Waals surface area contributed by atoms with Gasteiger partial charge >= 0.3 is 0 Å². The SMILES string of the molecule is CN(CC1CCCOC1)c1ccc(Cl)c(CNC2CC2)n1. The minimum absolute atomic E-state index is 0.606. The third-order valence-corrected chi connectivity index (χ3v) is 4.56. The predicted octanol–water partition coefficient (Wildman–Crippen LogP) is 2.85. The largest absolute Gasteiger partial charge is 0.381 e. The van der Waals surface area contributed by atoms with Crippen LogP contribution in [0.1, 0.15) is 31.4 Å². The van der Waals surface area contributed by atoms with Gasteiger partial charge in [-0.1, -0.05) is 11.6 Å². The number of ether oxygens (including phenoxy) is 1. The number of aromatic nitrogens is 1. The summed E-state index contributed by atoms with van der Waals surface area (Å²) in [4.78, 5) is 6.95. The minimum Gasteiger partial charge on any atom is -0.381 e. The van der Waals surface area contributed by atoms with Gasteiger partial charge in [0.25, 0.3) is 0 Å². The van der Waals surface area contributed by atoms with Gasteiger partial charge < -0.3 is 15.0 Å². The van der Waals surface area contributed by atoms with Gasteiger partial charge in [0.15, 0.2) is 0 Å². The van der Waals surface area contributed by atoms with Crippen LogP contribution in [0.4, 0.5) is 5.82 Å². The fourth-order valence-electron chi connectivity index (χ4n) is 2.77. The lowest BCUT2D eigenvalue weighted by atomic mass is 10.0. The smallest absolute Gasteiger partial charge is 0.128 e. The van der Waals surface area contributed by atoms with E-state index in [1.54, 1.807) is 0 Å². The second-order valence-corrected chi connectivity index (χ2v) is 6.62. The number of anilines is 1. The van der Waals surface area contributed by atoms with Crippen LogP contribution in [-0.4, -0.2) is 37.8 Å². The molecule has 0 bridgehead atoms. The maximum absolute atomic E-state index is 6.26. The molecular formula is C16H24ClN3O. The Balaban J connectivity index is 1.61. The van der Waals surface area contributed by atoms with Crippen LogP contribution in [0.3, 0.4) is 0 Å². The van der Waals surface area contributed by atoms with Gasteiger partial charge in [-0.2, -0.15) is 0 Å². The van der Waals surface area contributed by atoms with Crippen molar-refractivity contribution in [2.24, 2.45) is 5.92 Å². The zero-order valence-corrected chi connectivity index (χ0v) is 13.4. The normalized spacial score (nSPS) is 22.3. The van der Waals surface area contributed by atoms with E-state index in [0.717, 1.165) is 42.8 Å². The first kappa shape index (κ1) is 15.1. The summed E-state index contributed by atoms with van der Waals surface area (Å²) in [6.07, 6.45) is 4.97. The predicted molar refractivity (Wildman–Crippen MR) is 85.9 cm³/mol. The zero-order valence-electron chi connectivity index (χ0n) is 12.6. The monoisotopic (exact) mass is 309 g/mol. The lowest BCUT2D eigenvalue weighted by Crippen LogP contribution is -2.31. The number of hydrogen-bond donors (Lipinski definition) is 1. The molecule has 5 heteroatoms. The molecule has 1 aliphatic heterocycles. The van der Waals surface area contributed by atoms with Crippen molar-refractivity contribution in [3.8, 4) is 0 Å². The molecule has 2 aliphatic rings. The Morgan fingerprint density at radius 3 is 2.95 bits per heavy atom. The van der Waals surface area contributed by atoms with Crippen molar-refractivity contribution >= 4 is 17.4 Å². The fourth-order valence-corrected chi connectivity index (χ4v) is 2.94. The molecule has 0 spiro atoms. The molecule has 4 nitrogen and oxygen atoms in total. The van der Waals surface area contributed by atoms with Gasteiger partial charge in [-0.3, -0.25) is 0 Å². The number of nitrogens with one attached hydrogen (secondary N) is 1. The van der Waals surface area contributed by atoms with Crippen LogP contribution in [0.2, 0.25) is 5.02 Å². The lowest BCUT2D eigenvalue weighted by molar-refractivity contribution is 0.0576. The van der Waals surface area contributed by atoms with Crippen LogP contribution in [0.25, 0.3) is 0 Å². The highest BCUT2D eigenvalue weighted by Crippen LogP contribution is 2.23. The summed E-state index contributed by atoms with van der Waals surface area (Å²) in [6.45, 7) is 3.53. The van der Waals surface area contributed by atoms with Crippen LogP contribution < -0.4 is 10.2 Å². The highest BCUT2D eigenvalue weighted by atomic mass is 35.5. The van der Waals surface area contributed by atoms with Gasteiger partial charge in [-0.15, -0.1) is 0 Å². The average molecular weight is 310 g/mol. The first-order valence-electron chi connectivity index (χ1n) is 7.90. The van der Waals surface area contributed by atoms with E-state index >= 15 is 0 Å². The van der Waals surface area contributed by atoms with Crippen LogP contribution in [0.5, 0.6) is 0 Å². The molecule has 1 aromatic rings. The van der Waals surface area contributed by atoms with E-state index in [1.807, 2.05) is 12.1 Å². The standard InChI is InChI=1S/C16H24ClN3O/c1-20(10-12-3-2-8-21-11-12)16-7-6-14(17)15(19-16)9-18-13-4-5-13/h6-7,12-13,18H,2-5,8-11H2,1H3. The van der Waals surface area contributed by atoms with Crippen molar-refractivity contribution in [1.29, 1.82) is 0 Å². The van der Waals surface area contributed by atoms with Crippen molar-refractivity contribution in [2.75, 3.05) is 31.7 Å². The quantitative estimate of drug-likeness (QED) is 0.877. The van der Waals surface area contributed by atoms with Crippen LogP contribution in [0, 0.1) is 5.92 Å². The summed E-state index contributed by atoms with van der Waals surface area (Å²) in [5, 5.41) is 4.23. The molecule has 0 amide bonds. The van der Waals surface area contributed by atoms with Crippen molar-refractivity contribution < 1.29 is 4.74 Å². The molecule has 116 valence electrons. The molecule has 1 N–H and O–H groups in total. The van der Waals surface area contributed by atoms with E-state index in [4.69, 9.17) is 21.3 Å². The minimum atomic E-state index is 0.606. The summed E-state index contributed by atoms with van der Waals surface area (Å²) in [7, 11) is 2.10. The molecule has 1 saturated carbocycles. The van der Waals surface area contributed by atoms with E-state index in [0.29, 0.717) is 12.0 Å². The molecule has 1 aliphatic carbocycles. The van der Waals surface area contributed by atoms with Crippen LogP contribution in [0.15, 0.2) is 12.1 Å². The highest BCUT2D eigenvalue weighted by molar-refractivity contribution is 6.31. The molecule has 2 fully saturated rings. The van der Waals surface area contributed by atoms with Gasteiger partial charge in [0.2, 0.25) is 0 Å². The van der Waals surface area contributed by atoms with Gasteiger partial charge in [0, 0.05) is 32.8 Å².